The molecule has 0 spiro atoms. The van der Waals surface area contributed by atoms with Crippen molar-refractivity contribution in [1.29, 1.82) is 0 Å². The highest BCUT2D eigenvalue weighted by Gasteiger charge is 2.10. The molecule has 0 bridgehead atoms. The molecule has 1 unspecified atom stereocenters. The third kappa shape index (κ3) is 7.30. The van der Waals surface area contributed by atoms with Crippen LogP contribution in [-0.2, 0) is 4.74 Å². The van der Waals surface area contributed by atoms with Crippen molar-refractivity contribution in [3.8, 4) is 0 Å². The van der Waals surface area contributed by atoms with Gasteiger partial charge in [-0.05, 0) is 12.3 Å². The number of ether oxygens (including phenoxy) is 1. The first-order valence-electron chi connectivity index (χ1n) is 5.62. The van der Waals surface area contributed by atoms with Crippen LogP contribution in [0.3, 0.4) is 0 Å². The lowest BCUT2D eigenvalue weighted by atomic mass is 9.96. The Morgan fingerprint density at radius 2 is 1.93 bits per heavy atom. The zero-order chi connectivity index (χ0) is 10.8. The normalized spacial score (nSPS) is 13.5. The summed E-state index contributed by atoms with van der Waals surface area (Å²) in [6, 6.07) is 0. The summed E-state index contributed by atoms with van der Waals surface area (Å²) in [6.07, 6.45) is 3.02. The molecule has 0 radical (unpaired) electrons. The Kier molecular flexibility index (Phi) is 9.35. The van der Waals surface area contributed by atoms with E-state index in [2.05, 4.69) is 19.2 Å². The van der Waals surface area contributed by atoms with E-state index in [1.807, 2.05) is 0 Å². The fourth-order valence-electron chi connectivity index (χ4n) is 1.53. The van der Waals surface area contributed by atoms with Crippen LogP contribution in [0.4, 0.5) is 0 Å². The number of hydrogen-bond acceptors (Lipinski definition) is 3. The van der Waals surface area contributed by atoms with Crippen molar-refractivity contribution < 1.29 is 9.84 Å². The molecule has 86 valence electrons. The van der Waals surface area contributed by atoms with Crippen LogP contribution >= 0.6 is 0 Å². The highest BCUT2D eigenvalue weighted by atomic mass is 16.5. The molecular weight excluding hydrogens is 178 g/mol. The van der Waals surface area contributed by atoms with Crippen LogP contribution < -0.4 is 5.32 Å². The lowest BCUT2D eigenvalue weighted by molar-refractivity contribution is 0.132. The first-order chi connectivity index (χ1) is 6.74. The Bertz CT molecular complexity index is 116. The minimum Gasteiger partial charge on any atom is -0.392 e. The third-order valence-electron chi connectivity index (χ3n) is 2.62. The SMILES string of the molecule is CCC(CC)CC(O)CNCCOC. The number of rotatable bonds is 9. The molecule has 0 aromatic carbocycles. The molecule has 0 amide bonds. The summed E-state index contributed by atoms with van der Waals surface area (Å²) in [4.78, 5) is 0. The van der Waals surface area contributed by atoms with E-state index in [1.54, 1.807) is 7.11 Å². The van der Waals surface area contributed by atoms with E-state index >= 15 is 0 Å². The molecule has 0 aliphatic rings. The Morgan fingerprint density at radius 1 is 1.29 bits per heavy atom. The Morgan fingerprint density at radius 3 is 2.43 bits per heavy atom. The van der Waals surface area contributed by atoms with Crippen molar-refractivity contribution in [3.63, 3.8) is 0 Å². The summed E-state index contributed by atoms with van der Waals surface area (Å²) >= 11 is 0. The number of methoxy groups -OCH3 is 1. The van der Waals surface area contributed by atoms with Gasteiger partial charge in [0.05, 0.1) is 12.7 Å². The molecule has 1 atom stereocenters. The second kappa shape index (κ2) is 9.44. The fraction of sp³-hybridized carbons (Fsp3) is 1.00. The van der Waals surface area contributed by atoms with Gasteiger partial charge in [0.1, 0.15) is 0 Å². The van der Waals surface area contributed by atoms with E-state index in [0.717, 1.165) is 25.8 Å². The Hall–Kier alpha value is -0.120. The summed E-state index contributed by atoms with van der Waals surface area (Å²) < 4.78 is 4.90. The molecule has 2 N–H and O–H groups in total. The number of hydrogen-bond donors (Lipinski definition) is 2. The summed E-state index contributed by atoms with van der Waals surface area (Å²) in [5.41, 5.74) is 0. The molecule has 0 heterocycles. The van der Waals surface area contributed by atoms with Gasteiger partial charge in [-0.1, -0.05) is 26.7 Å². The van der Waals surface area contributed by atoms with E-state index in [-0.39, 0.29) is 6.10 Å². The average Bonchev–Trinajstić information content (AvgIpc) is 2.21. The maximum atomic E-state index is 9.68. The van der Waals surface area contributed by atoms with Crippen LogP contribution in [0.15, 0.2) is 0 Å². The van der Waals surface area contributed by atoms with Gasteiger partial charge in [0.15, 0.2) is 0 Å². The summed E-state index contributed by atoms with van der Waals surface area (Å²) in [5, 5.41) is 12.8. The first-order valence-corrected chi connectivity index (χ1v) is 5.62. The quantitative estimate of drug-likeness (QED) is 0.557. The molecule has 3 nitrogen and oxygen atoms in total. The topological polar surface area (TPSA) is 41.5 Å². The van der Waals surface area contributed by atoms with E-state index in [0.29, 0.717) is 19.1 Å². The van der Waals surface area contributed by atoms with E-state index in [9.17, 15) is 5.11 Å². The van der Waals surface area contributed by atoms with Crippen LogP contribution in [0.5, 0.6) is 0 Å². The molecule has 0 aromatic heterocycles. The average molecular weight is 203 g/mol. The van der Waals surface area contributed by atoms with Crippen LogP contribution in [0.1, 0.15) is 33.1 Å². The minimum atomic E-state index is -0.211. The van der Waals surface area contributed by atoms with Crippen molar-refractivity contribution in [1.82, 2.24) is 5.32 Å². The minimum absolute atomic E-state index is 0.211. The molecule has 0 fully saturated rings. The monoisotopic (exact) mass is 203 g/mol. The molecule has 0 aliphatic heterocycles. The van der Waals surface area contributed by atoms with Gasteiger partial charge in [-0.3, -0.25) is 0 Å². The van der Waals surface area contributed by atoms with Crippen molar-refractivity contribution in [2.45, 2.75) is 39.2 Å². The summed E-state index contributed by atoms with van der Waals surface area (Å²) in [5.74, 6) is 0.661. The van der Waals surface area contributed by atoms with Crippen LogP contribution in [0.2, 0.25) is 0 Å². The second-order valence-corrected chi connectivity index (χ2v) is 3.77. The highest BCUT2D eigenvalue weighted by molar-refractivity contribution is 4.65. The van der Waals surface area contributed by atoms with Crippen molar-refractivity contribution in [2.75, 3.05) is 26.8 Å². The zero-order valence-corrected chi connectivity index (χ0v) is 9.75. The predicted molar refractivity (Wildman–Crippen MR) is 59.4 cm³/mol. The van der Waals surface area contributed by atoms with Gasteiger partial charge >= 0.3 is 0 Å². The maximum Gasteiger partial charge on any atom is 0.0667 e. The largest absolute Gasteiger partial charge is 0.392 e. The predicted octanol–water partition coefficient (Wildman–Crippen LogP) is 1.41. The summed E-state index contributed by atoms with van der Waals surface area (Å²) in [7, 11) is 1.68. The highest BCUT2D eigenvalue weighted by Crippen LogP contribution is 2.14. The maximum absolute atomic E-state index is 9.68. The molecular formula is C11H25NO2. The van der Waals surface area contributed by atoms with Gasteiger partial charge in [-0.15, -0.1) is 0 Å². The van der Waals surface area contributed by atoms with Gasteiger partial charge in [0, 0.05) is 20.2 Å². The van der Waals surface area contributed by atoms with Gasteiger partial charge < -0.3 is 15.2 Å². The van der Waals surface area contributed by atoms with Gasteiger partial charge in [-0.25, -0.2) is 0 Å². The van der Waals surface area contributed by atoms with Gasteiger partial charge in [0.2, 0.25) is 0 Å². The molecule has 0 aromatic rings. The molecule has 14 heavy (non-hydrogen) atoms. The second-order valence-electron chi connectivity index (χ2n) is 3.77. The third-order valence-corrected chi connectivity index (χ3v) is 2.62. The number of aliphatic hydroxyl groups excluding tert-OH is 1. The Balaban J connectivity index is 3.38. The lowest BCUT2D eigenvalue weighted by Crippen LogP contribution is -2.30. The standard InChI is InChI=1S/C11H25NO2/c1-4-10(5-2)8-11(13)9-12-6-7-14-3/h10-13H,4-9H2,1-3H3. The summed E-state index contributed by atoms with van der Waals surface area (Å²) in [6.45, 7) is 6.56. The van der Waals surface area contributed by atoms with Crippen molar-refractivity contribution in [3.05, 3.63) is 0 Å². The Labute approximate surface area is 87.8 Å². The molecule has 0 saturated carbocycles. The van der Waals surface area contributed by atoms with Crippen LogP contribution in [0.25, 0.3) is 0 Å². The molecule has 0 rings (SSSR count). The fourth-order valence-corrected chi connectivity index (χ4v) is 1.53. The van der Waals surface area contributed by atoms with Crippen molar-refractivity contribution >= 4 is 0 Å². The van der Waals surface area contributed by atoms with Gasteiger partial charge in [-0.2, -0.15) is 0 Å². The first kappa shape index (κ1) is 13.9. The van der Waals surface area contributed by atoms with Crippen LogP contribution in [0, 0.1) is 5.92 Å². The number of aliphatic hydroxyl groups is 1. The molecule has 0 aliphatic carbocycles. The van der Waals surface area contributed by atoms with E-state index < -0.39 is 0 Å². The lowest BCUT2D eigenvalue weighted by Gasteiger charge is -2.17. The van der Waals surface area contributed by atoms with Gasteiger partial charge in [0.25, 0.3) is 0 Å². The van der Waals surface area contributed by atoms with E-state index in [4.69, 9.17) is 4.74 Å². The molecule has 3 heteroatoms. The smallest absolute Gasteiger partial charge is 0.0667 e. The van der Waals surface area contributed by atoms with Crippen molar-refractivity contribution in [2.24, 2.45) is 5.92 Å². The zero-order valence-electron chi connectivity index (χ0n) is 9.75. The van der Waals surface area contributed by atoms with Crippen LogP contribution in [-0.4, -0.2) is 38.0 Å². The van der Waals surface area contributed by atoms with E-state index in [1.165, 1.54) is 0 Å². The number of nitrogens with one attached hydrogen (secondary N) is 1. The molecule has 0 saturated heterocycles.